The van der Waals surface area contributed by atoms with Crippen LogP contribution in [0.3, 0.4) is 0 Å². The summed E-state index contributed by atoms with van der Waals surface area (Å²) in [7, 11) is -4.38. The predicted molar refractivity (Wildman–Crippen MR) is 284 cm³/mol. The van der Waals surface area contributed by atoms with Crippen molar-refractivity contribution in [2.45, 2.75) is 251 Å². The number of ether oxygens (including phenoxy) is 2. The van der Waals surface area contributed by atoms with E-state index in [1.54, 1.807) is 0 Å². The predicted octanol–water partition coefficient (Wildman–Crippen LogP) is 17.0. The first-order chi connectivity index (χ1) is 32.8. The van der Waals surface area contributed by atoms with Crippen LogP contribution in [0.15, 0.2) is 72.9 Å². The fourth-order valence-electron chi connectivity index (χ4n) is 7.58. The molecule has 10 heteroatoms. The van der Waals surface area contributed by atoms with Crippen LogP contribution in [-0.2, 0) is 32.7 Å². The van der Waals surface area contributed by atoms with E-state index in [9.17, 15) is 19.0 Å². The van der Waals surface area contributed by atoms with Crippen LogP contribution in [-0.4, -0.2) is 49.3 Å². The molecule has 0 rings (SSSR count). The molecule has 0 heterocycles. The Morgan fingerprint density at radius 3 is 1.22 bits per heavy atom. The third-order valence-corrected chi connectivity index (χ3v) is 12.6. The highest BCUT2D eigenvalue weighted by Gasteiger charge is 2.26. The second kappa shape index (κ2) is 52.8. The largest absolute Gasteiger partial charge is 0.472 e. The summed E-state index contributed by atoms with van der Waals surface area (Å²) in [6, 6.07) is 0. The number of hydrogen-bond donors (Lipinski definition) is 2. The topological polar surface area (TPSA) is 134 Å². The summed E-state index contributed by atoms with van der Waals surface area (Å²) in [5.74, 6) is -0.823. The summed E-state index contributed by atoms with van der Waals surface area (Å²) in [4.78, 5) is 35.0. The zero-order valence-electron chi connectivity index (χ0n) is 43.1. The monoisotopic (exact) mass is 960 g/mol. The highest BCUT2D eigenvalue weighted by Crippen LogP contribution is 2.43. The Morgan fingerprint density at radius 2 is 0.821 bits per heavy atom. The van der Waals surface area contributed by atoms with Gasteiger partial charge in [0, 0.05) is 19.4 Å². The number of unbranched alkanes of at least 4 members (excludes halogenated alkanes) is 26. The molecule has 2 unspecified atom stereocenters. The second-order valence-corrected chi connectivity index (χ2v) is 19.5. The summed E-state index contributed by atoms with van der Waals surface area (Å²) in [6.45, 7) is 3.64. The zero-order valence-corrected chi connectivity index (χ0v) is 44.0. The fraction of sp³-hybridized carbons (Fsp3) is 0.754. The molecule has 0 aromatic heterocycles. The summed E-state index contributed by atoms with van der Waals surface area (Å²) < 4.78 is 32.9. The van der Waals surface area contributed by atoms with E-state index < -0.39 is 26.5 Å². The minimum absolute atomic E-state index is 0.0528. The SMILES string of the molecule is CC/C=C\C/C=C\C/C=C\C/C=C\C/C=C\C/C=C\CCCCCCCCCCCCCCCCC(=O)OC(COC(=O)CCCCCCCCCCCCCCC)COP(=O)(O)OCCN. The molecule has 0 aliphatic carbocycles. The molecule has 3 N–H and O–H groups in total. The first-order valence-electron chi connectivity index (χ1n) is 27.4. The first kappa shape index (κ1) is 64.5. The number of allylic oxidation sites excluding steroid dienone is 12. The average Bonchev–Trinajstić information content (AvgIpc) is 3.32. The molecule has 0 aromatic carbocycles. The third-order valence-electron chi connectivity index (χ3n) is 11.6. The van der Waals surface area contributed by atoms with Gasteiger partial charge in [-0.05, 0) is 64.2 Å². The number of hydrogen-bond acceptors (Lipinski definition) is 8. The van der Waals surface area contributed by atoms with Crippen molar-refractivity contribution in [3.63, 3.8) is 0 Å². The van der Waals surface area contributed by atoms with Gasteiger partial charge < -0.3 is 20.1 Å². The lowest BCUT2D eigenvalue weighted by atomic mass is 10.0. The summed E-state index contributed by atoms with van der Waals surface area (Å²) in [5.41, 5.74) is 5.37. The van der Waals surface area contributed by atoms with Crippen molar-refractivity contribution < 1.29 is 37.6 Å². The van der Waals surface area contributed by atoms with Gasteiger partial charge in [-0.3, -0.25) is 18.6 Å². The third kappa shape index (κ3) is 52.7. The smallest absolute Gasteiger partial charge is 0.462 e. The van der Waals surface area contributed by atoms with Gasteiger partial charge in [-0.15, -0.1) is 0 Å². The Labute approximate surface area is 411 Å². The van der Waals surface area contributed by atoms with Crippen LogP contribution in [0.25, 0.3) is 0 Å². The van der Waals surface area contributed by atoms with Crippen LogP contribution in [0.1, 0.15) is 245 Å². The van der Waals surface area contributed by atoms with Crippen molar-refractivity contribution >= 4 is 19.8 Å². The number of nitrogens with two attached hydrogens (primary N) is 1. The molecule has 0 saturated heterocycles. The highest BCUT2D eigenvalue weighted by molar-refractivity contribution is 7.47. The van der Waals surface area contributed by atoms with Crippen LogP contribution < -0.4 is 5.73 Å². The summed E-state index contributed by atoms with van der Waals surface area (Å²) in [6.07, 6.45) is 66.7. The summed E-state index contributed by atoms with van der Waals surface area (Å²) >= 11 is 0. The Hall–Kier alpha value is -2.55. The van der Waals surface area contributed by atoms with Gasteiger partial charge in [0.05, 0.1) is 13.2 Å². The molecule has 0 bridgehead atoms. The zero-order chi connectivity index (χ0) is 48.8. The maximum atomic E-state index is 12.7. The van der Waals surface area contributed by atoms with Gasteiger partial charge >= 0.3 is 19.8 Å². The summed E-state index contributed by atoms with van der Waals surface area (Å²) in [5, 5.41) is 0. The normalized spacial score (nSPS) is 13.7. The van der Waals surface area contributed by atoms with Gasteiger partial charge in [0.1, 0.15) is 6.61 Å². The molecule has 0 aromatic rings. The molecule has 0 saturated carbocycles. The van der Waals surface area contributed by atoms with E-state index in [1.807, 2.05) is 0 Å². The molecular formula is C57H102NO8P. The van der Waals surface area contributed by atoms with Crippen molar-refractivity contribution in [1.82, 2.24) is 0 Å². The Kier molecular flexibility index (Phi) is 50.8. The lowest BCUT2D eigenvalue weighted by Gasteiger charge is -2.19. The molecule has 0 aliphatic rings. The van der Waals surface area contributed by atoms with E-state index in [4.69, 9.17) is 24.3 Å². The minimum Gasteiger partial charge on any atom is -0.462 e. The van der Waals surface area contributed by atoms with E-state index in [0.717, 1.165) is 77.0 Å². The highest BCUT2D eigenvalue weighted by atomic mass is 31.2. The maximum Gasteiger partial charge on any atom is 0.472 e. The Bertz CT molecular complexity index is 1320. The van der Waals surface area contributed by atoms with Crippen LogP contribution in [0.2, 0.25) is 0 Å². The number of carbonyl (C=O) groups excluding carboxylic acids is 2. The molecule has 0 aliphatic heterocycles. The van der Waals surface area contributed by atoms with Crippen LogP contribution in [0.4, 0.5) is 0 Å². The van der Waals surface area contributed by atoms with E-state index in [0.29, 0.717) is 6.42 Å². The molecule has 0 fully saturated rings. The van der Waals surface area contributed by atoms with E-state index in [2.05, 4.69) is 86.8 Å². The fourth-order valence-corrected chi connectivity index (χ4v) is 8.35. The first-order valence-corrected chi connectivity index (χ1v) is 28.9. The Balaban J connectivity index is 3.92. The quantitative estimate of drug-likeness (QED) is 0.0264. The van der Waals surface area contributed by atoms with E-state index in [-0.39, 0.29) is 38.6 Å². The van der Waals surface area contributed by atoms with E-state index in [1.165, 1.54) is 135 Å². The van der Waals surface area contributed by atoms with Crippen LogP contribution >= 0.6 is 7.82 Å². The van der Waals surface area contributed by atoms with Crippen molar-refractivity contribution in [3.8, 4) is 0 Å². The lowest BCUT2D eigenvalue weighted by molar-refractivity contribution is -0.161. The molecular weight excluding hydrogens is 858 g/mol. The van der Waals surface area contributed by atoms with Crippen LogP contribution in [0.5, 0.6) is 0 Å². The van der Waals surface area contributed by atoms with Crippen molar-refractivity contribution in [2.75, 3.05) is 26.4 Å². The average molecular weight is 960 g/mol. The standard InChI is InChI=1S/C57H102NO8P/c1-3-5-7-9-11-13-15-17-18-19-20-21-22-23-24-25-26-27-28-29-30-31-32-33-34-35-36-38-40-42-44-46-48-50-57(60)66-55(54-65-67(61,62)64-52-51-58)53-63-56(59)49-47-45-43-41-39-37-16-14-12-10-8-6-4-2/h5,7,11,13,17-18,20-21,23-24,26-27,55H,3-4,6,8-10,12,14-16,19,22,25,28-54,58H2,1-2H3,(H,61,62)/b7-5-,13-11-,18-17-,21-20-,24-23-,27-26-. The number of phosphoric acid groups is 1. The van der Waals surface area contributed by atoms with Gasteiger partial charge in [0.15, 0.2) is 6.10 Å². The second-order valence-electron chi connectivity index (χ2n) is 18.1. The maximum absolute atomic E-state index is 12.7. The van der Waals surface area contributed by atoms with Gasteiger partial charge in [-0.1, -0.05) is 241 Å². The molecule has 9 nitrogen and oxygen atoms in total. The van der Waals surface area contributed by atoms with Crippen molar-refractivity contribution in [2.24, 2.45) is 5.73 Å². The molecule has 0 amide bonds. The molecule has 0 radical (unpaired) electrons. The molecule has 67 heavy (non-hydrogen) atoms. The lowest BCUT2D eigenvalue weighted by Crippen LogP contribution is -2.29. The number of carbonyl (C=O) groups is 2. The van der Waals surface area contributed by atoms with Gasteiger partial charge in [-0.25, -0.2) is 4.57 Å². The minimum atomic E-state index is -4.38. The van der Waals surface area contributed by atoms with Crippen molar-refractivity contribution in [1.29, 1.82) is 0 Å². The van der Waals surface area contributed by atoms with Crippen LogP contribution in [0, 0.1) is 0 Å². The number of rotatable bonds is 51. The Morgan fingerprint density at radius 1 is 0.463 bits per heavy atom. The van der Waals surface area contributed by atoms with Gasteiger partial charge in [-0.2, -0.15) is 0 Å². The van der Waals surface area contributed by atoms with Gasteiger partial charge in [0.25, 0.3) is 0 Å². The van der Waals surface area contributed by atoms with E-state index >= 15 is 0 Å². The van der Waals surface area contributed by atoms with Crippen molar-refractivity contribution in [3.05, 3.63) is 72.9 Å². The van der Waals surface area contributed by atoms with Gasteiger partial charge in [0.2, 0.25) is 0 Å². The molecule has 2 atom stereocenters. The number of esters is 2. The molecule has 0 spiro atoms. The molecule has 388 valence electrons. The number of phosphoric ester groups is 1.